The molecule has 0 saturated carbocycles. The molecule has 0 radical (unpaired) electrons. The van der Waals surface area contributed by atoms with Gasteiger partial charge in [0.05, 0.1) is 27.9 Å². The van der Waals surface area contributed by atoms with E-state index in [2.05, 4.69) is 11.4 Å². The fourth-order valence-electron chi connectivity index (χ4n) is 3.25. The molecule has 2 aromatic carbocycles. The molecule has 3 aromatic rings. The monoisotopic (exact) mass is 448 g/mol. The molecule has 1 N–H and O–H groups in total. The van der Waals surface area contributed by atoms with E-state index in [1.54, 1.807) is 30.5 Å². The van der Waals surface area contributed by atoms with E-state index in [0.29, 0.717) is 16.1 Å². The van der Waals surface area contributed by atoms with Crippen LogP contribution in [0.4, 0.5) is 0 Å². The van der Waals surface area contributed by atoms with E-state index in [0.717, 1.165) is 16.8 Å². The van der Waals surface area contributed by atoms with Crippen molar-refractivity contribution in [2.45, 2.75) is 57.5 Å². The summed E-state index contributed by atoms with van der Waals surface area (Å²) in [5.74, 6) is -0.330. The first-order valence-corrected chi connectivity index (χ1v) is 11.5. The molecule has 1 amide bonds. The van der Waals surface area contributed by atoms with Crippen molar-refractivity contribution >= 4 is 28.6 Å². The van der Waals surface area contributed by atoms with E-state index in [1.807, 2.05) is 58.0 Å². The molecule has 1 aromatic heterocycles. The van der Waals surface area contributed by atoms with Gasteiger partial charge >= 0.3 is 0 Å². The third-order valence-corrected chi connectivity index (χ3v) is 7.04. The Kier molecular flexibility index (Phi) is 6.75. The van der Waals surface area contributed by atoms with Crippen LogP contribution in [0.25, 0.3) is 16.6 Å². The van der Waals surface area contributed by atoms with Gasteiger partial charge in [0.25, 0.3) is 5.56 Å². The Morgan fingerprint density at radius 3 is 2.50 bits per heavy atom. The maximum atomic E-state index is 13.5. The molecular weight excluding hydrogens is 420 g/mol. The summed E-state index contributed by atoms with van der Waals surface area (Å²) in [5.41, 5.74) is 2.21. The van der Waals surface area contributed by atoms with Crippen LogP contribution in [-0.4, -0.2) is 26.2 Å². The number of aromatic nitrogens is 2. The van der Waals surface area contributed by atoms with Crippen molar-refractivity contribution in [3.63, 3.8) is 0 Å². The van der Waals surface area contributed by atoms with Crippen LogP contribution in [0.2, 0.25) is 0 Å². The minimum absolute atomic E-state index is 0.0550. The van der Waals surface area contributed by atoms with Crippen LogP contribution in [0.1, 0.15) is 38.8 Å². The molecule has 0 bridgehead atoms. The molecule has 6 nitrogen and oxygen atoms in total. The number of nitriles is 1. The first-order valence-electron chi connectivity index (χ1n) is 10.6. The summed E-state index contributed by atoms with van der Waals surface area (Å²) in [6, 6.07) is 15.2. The molecule has 3 rings (SSSR count). The zero-order valence-corrected chi connectivity index (χ0v) is 20.1. The third-order valence-electron chi connectivity index (χ3n) is 5.98. The van der Waals surface area contributed by atoms with Crippen molar-refractivity contribution in [1.82, 2.24) is 14.9 Å². The van der Waals surface area contributed by atoms with Crippen molar-refractivity contribution in [2.75, 3.05) is 0 Å². The van der Waals surface area contributed by atoms with Gasteiger partial charge in [0.1, 0.15) is 5.54 Å². The number of nitrogens with one attached hydrogen (secondary N) is 1. The Morgan fingerprint density at radius 2 is 1.84 bits per heavy atom. The Hall–Kier alpha value is -3.11. The number of benzene rings is 2. The van der Waals surface area contributed by atoms with Gasteiger partial charge in [0.15, 0.2) is 5.16 Å². The van der Waals surface area contributed by atoms with E-state index in [9.17, 15) is 14.9 Å². The van der Waals surface area contributed by atoms with E-state index < -0.39 is 10.8 Å². The van der Waals surface area contributed by atoms with Crippen molar-refractivity contribution < 1.29 is 4.79 Å². The topological polar surface area (TPSA) is 87.8 Å². The zero-order chi connectivity index (χ0) is 23.6. The smallest absolute Gasteiger partial charge is 0.266 e. The minimum atomic E-state index is -0.977. The molecule has 0 aliphatic heterocycles. The molecule has 0 aliphatic rings. The molecule has 2 unspecified atom stereocenters. The Balaban J connectivity index is 2.10. The second-order valence-corrected chi connectivity index (χ2v) is 9.80. The van der Waals surface area contributed by atoms with Crippen LogP contribution in [0.15, 0.2) is 52.4 Å². The Bertz CT molecular complexity index is 1280. The number of hydrogen-bond acceptors (Lipinski definition) is 5. The number of aryl methyl sites for hydroxylation is 1. The van der Waals surface area contributed by atoms with Gasteiger partial charge in [-0.25, -0.2) is 4.98 Å². The first kappa shape index (κ1) is 23.6. The highest BCUT2D eigenvalue weighted by molar-refractivity contribution is 8.00. The van der Waals surface area contributed by atoms with Crippen LogP contribution in [0.5, 0.6) is 0 Å². The lowest BCUT2D eigenvalue weighted by Gasteiger charge is -2.28. The van der Waals surface area contributed by atoms with Crippen molar-refractivity contribution in [1.29, 1.82) is 5.26 Å². The zero-order valence-electron chi connectivity index (χ0n) is 19.3. The number of carbonyl (C=O) groups excluding carboxylic acids is 1. The van der Waals surface area contributed by atoms with Gasteiger partial charge in [-0.2, -0.15) is 5.26 Å². The summed E-state index contributed by atoms with van der Waals surface area (Å²) in [5, 5.41) is 12.8. The number of para-hydroxylation sites is 1. The number of hydrogen-bond donors (Lipinski definition) is 1. The Labute approximate surface area is 192 Å². The fourth-order valence-corrected chi connectivity index (χ4v) is 4.17. The maximum absolute atomic E-state index is 13.5. The Morgan fingerprint density at radius 1 is 1.16 bits per heavy atom. The van der Waals surface area contributed by atoms with Gasteiger partial charge in [0.2, 0.25) is 5.91 Å². The molecule has 32 heavy (non-hydrogen) atoms. The van der Waals surface area contributed by atoms with Crippen molar-refractivity contribution in [2.24, 2.45) is 5.92 Å². The van der Waals surface area contributed by atoms with Crippen molar-refractivity contribution in [3.8, 4) is 11.8 Å². The van der Waals surface area contributed by atoms with E-state index >= 15 is 0 Å². The summed E-state index contributed by atoms with van der Waals surface area (Å²) in [7, 11) is 0. The van der Waals surface area contributed by atoms with Crippen LogP contribution in [-0.2, 0) is 4.79 Å². The molecule has 0 fully saturated rings. The van der Waals surface area contributed by atoms with Gasteiger partial charge in [-0.3, -0.25) is 14.2 Å². The first-order chi connectivity index (χ1) is 15.1. The fraction of sp³-hybridized carbons (Fsp3) is 0.360. The third kappa shape index (κ3) is 4.42. The number of carbonyl (C=O) groups is 1. The van der Waals surface area contributed by atoms with Crippen LogP contribution in [0.3, 0.4) is 0 Å². The predicted octanol–water partition coefficient (Wildman–Crippen LogP) is 4.54. The second kappa shape index (κ2) is 9.17. The summed E-state index contributed by atoms with van der Waals surface area (Å²) in [4.78, 5) is 31.2. The second-order valence-electron chi connectivity index (χ2n) is 8.49. The SMILES string of the molecule is Cc1cccc(-n2c(SC(C)C(=O)NC(C)(C#N)C(C)C)nc3ccccc3c2=O)c1C. The van der Waals surface area contributed by atoms with Gasteiger partial charge in [-0.1, -0.05) is 49.9 Å². The lowest BCUT2D eigenvalue weighted by atomic mass is 9.90. The minimum Gasteiger partial charge on any atom is -0.337 e. The molecule has 7 heteroatoms. The maximum Gasteiger partial charge on any atom is 0.266 e. The number of rotatable bonds is 6. The number of nitrogens with zero attached hydrogens (tertiary/aromatic N) is 3. The highest BCUT2D eigenvalue weighted by Crippen LogP contribution is 2.28. The van der Waals surface area contributed by atoms with Gasteiger partial charge in [0, 0.05) is 0 Å². The average Bonchev–Trinajstić information content (AvgIpc) is 2.76. The van der Waals surface area contributed by atoms with Gasteiger partial charge in [-0.05, 0) is 62.9 Å². The van der Waals surface area contributed by atoms with Gasteiger partial charge < -0.3 is 5.32 Å². The molecule has 0 saturated heterocycles. The molecule has 0 spiro atoms. The molecular formula is C25H28N4O2S. The number of fused-ring (bicyclic) bond motifs is 1. The average molecular weight is 449 g/mol. The van der Waals surface area contributed by atoms with E-state index in [-0.39, 0.29) is 17.4 Å². The van der Waals surface area contributed by atoms with Gasteiger partial charge in [-0.15, -0.1) is 0 Å². The normalized spacial score (nSPS) is 14.1. The quantitative estimate of drug-likeness (QED) is 0.442. The van der Waals surface area contributed by atoms with Crippen LogP contribution in [0, 0.1) is 31.1 Å². The van der Waals surface area contributed by atoms with Crippen LogP contribution < -0.4 is 10.9 Å². The van der Waals surface area contributed by atoms with Crippen LogP contribution >= 0.6 is 11.8 Å². The standard InChI is InChI=1S/C25H28N4O2S/c1-15(2)25(6,14-26)28-22(30)18(5)32-24-27-20-12-8-7-11-19(20)23(31)29(24)21-13-9-10-16(3)17(21)4/h7-13,15,18H,1-6H3,(H,28,30). The van der Waals surface area contributed by atoms with E-state index in [1.165, 1.54) is 11.8 Å². The lowest BCUT2D eigenvalue weighted by molar-refractivity contribution is -0.121. The number of thioether (sulfide) groups is 1. The molecule has 0 aliphatic carbocycles. The summed E-state index contributed by atoms with van der Waals surface area (Å²) in [6.07, 6.45) is 0. The summed E-state index contributed by atoms with van der Waals surface area (Å²) < 4.78 is 1.59. The largest absolute Gasteiger partial charge is 0.337 e. The molecule has 2 atom stereocenters. The van der Waals surface area contributed by atoms with E-state index in [4.69, 9.17) is 4.98 Å². The highest BCUT2D eigenvalue weighted by atomic mass is 32.2. The summed E-state index contributed by atoms with van der Waals surface area (Å²) >= 11 is 1.21. The highest BCUT2D eigenvalue weighted by Gasteiger charge is 2.32. The predicted molar refractivity (Wildman–Crippen MR) is 129 cm³/mol. The van der Waals surface area contributed by atoms with Crippen molar-refractivity contribution in [3.05, 3.63) is 63.9 Å². The lowest BCUT2D eigenvalue weighted by Crippen LogP contribution is -2.51. The number of amides is 1. The summed E-state index contributed by atoms with van der Waals surface area (Å²) in [6.45, 7) is 11.2. The molecule has 166 valence electrons. The molecule has 1 heterocycles.